The van der Waals surface area contributed by atoms with Crippen molar-refractivity contribution in [2.45, 2.75) is 32.6 Å². The van der Waals surface area contributed by atoms with Crippen molar-refractivity contribution in [3.05, 3.63) is 46.6 Å². The fourth-order valence-corrected chi connectivity index (χ4v) is 3.94. The molecule has 28 heavy (non-hydrogen) atoms. The molecular weight excluding hydrogens is 362 g/mol. The van der Waals surface area contributed by atoms with Crippen molar-refractivity contribution in [2.24, 2.45) is 11.1 Å². The molecule has 2 aliphatic rings. The van der Waals surface area contributed by atoms with E-state index in [9.17, 15) is 9.59 Å². The van der Waals surface area contributed by atoms with Crippen molar-refractivity contribution in [2.75, 3.05) is 21.3 Å². The molecule has 0 radical (unpaired) electrons. The summed E-state index contributed by atoms with van der Waals surface area (Å²) in [5.74, 6) is -0.167. The summed E-state index contributed by atoms with van der Waals surface area (Å²) in [4.78, 5) is 25.7. The highest BCUT2D eigenvalue weighted by molar-refractivity contribution is 6.03. The first-order chi connectivity index (χ1) is 13.2. The van der Waals surface area contributed by atoms with Gasteiger partial charge in [-0.2, -0.15) is 0 Å². The lowest BCUT2D eigenvalue weighted by atomic mass is 9.70. The standard InChI is InChI=1S/C21H25NO6/c1-21(2)9-12(23)16-14(10-21)28-19(22)17(20(24)27-5)15(16)11-7-6-8-13(25-3)18(11)26-4/h6-8,15H,9-10,22H2,1-5H3/t15-/m1/s1. The Balaban J connectivity index is 2.29. The third kappa shape index (κ3) is 3.21. The van der Waals surface area contributed by atoms with E-state index in [1.165, 1.54) is 21.3 Å². The minimum Gasteiger partial charge on any atom is -0.493 e. The maximum atomic E-state index is 13.1. The van der Waals surface area contributed by atoms with Gasteiger partial charge in [0.25, 0.3) is 0 Å². The predicted molar refractivity (Wildman–Crippen MR) is 102 cm³/mol. The zero-order chi connectivity index (χ0) is 20.6. The number of rotatable bonds is 4. The molecule has 1 aromatic rings. The Morgan fingerprint density at radius 1 is 1.18 bits per heavy atom. The molecule has 0 saturated heterocycles. The van der Waals surface area contributed by atoms with E-state index in [0.717, 1.165) is 0 Å². The van der Waals surface area contributed by atoms with Crippen molar-refractivity contribution in [1.82, 2.24) is 0 Å². The van der Waals surface area contributed by atoms with Crippen molar-refractivity contribution < 1.29 is 28.5 Å². The fourth-order valence-electron chi connectivity index (χ4n) is 3.94. The average Bonchev–Trinajstić information content (AvgIpc) is 2.64. The molecule has 0 fully saturated rings. The summed E-state index contributed by atoms with van der Waals surface area (Å²) >= 11 is 0. The lowest BCUT2D eigenvalue weighted by Gasteiger charge is -2.38. The van der Waals surface area contributed by atoms with Gasteiger partial charge in [-0.15, -0.1) is 0 Å². The summed E-state index contributed by atoms with van der Waals surface area (Å²) in [6, 6.07) is 5.30. The van der Waals surface area contributed by atoms with Crippen molar-refractivity contribution >= 4 is 11.8 Å². The van der Waals surface area contributed by atoms with E-state index in [1.54, 1.807) is 18.2 Å². The largest absolute Gasteiger partial charge is 0.493 e. The number of Topliss-reactive ketones (excluding diaryl/α,β-unsaturated/α-hetero) is 1. The zero-order valence-corrected chi connectivity index (χ0v) is 16.8. The summed E-state index contributed by atoms with van der Waals surface area (Å²) in [6.07, 6.45) is 0.873. The highest BCUT2D eigenvalue weighted by atomic mass is 16.5. The lowest BCUT2D eigenvalue weighted by Crippen LogP contribution is -2.35. The molecule has 0 saturated carbocycles. The highest BCUT2D eigenvalue weighted by Crippen LogP contribution is 2.51. The van der Waals surface area contributed by atoms with Crippen molar-refractivity contribution in [3.8, 4) is 11.5 Å². The molecule has 0 spiro atoms. The smallest absolute Gasteiger partial charge is 0.340 e. The molecule has 3 rings (SSSR count). The number of para-hydroxylation sites is 1. The van der Waals surface area contributed by atoms with Gasteiger partial charge in [0.15, 0.2) is 17.3 Å². The number of carbonyl (C=O) groups excluding carboxylic acids is 2. The third-order valence-corrected chi connectivity index (χ3v) is 5.10. The summed E-state index contributed by atoms with van der Waals surface area (Å²) in [6.45, 7) is 3.99. The normalized spacial score (nSPS) is 21.0. The Hall–Kier alpha value is -2.96. The highest BCUT2D eigenvalue weighted by Gasteiger charge is 2.46. The predicted octanol–water partition coefficient (Wildman–Crippen LogP) is 2.80. The van der Waals surface area contributed by atoms with E-state index >= 15 is 0 Å². The SMILES string of the molecule is COC(=O)C1=C(N)OC2=C(C(=O)CC(C)(C)C2)[C@H]1c1cccc(OC)c1OC. The minimum absolute atomic E-state index is 0.0639. The van der Waals surface area contributed by atoms with Crippen LogP contribution in [0.3, 0.4) is 0 Å². The summed E-state index contributed by atoms with van der Waals surface area (Å²) in [7, 11) is 4.29. The van der Waals surface area contributed by atoms with Gasteiger partial charge < -0.3 is 24.7 Å². The van der Waals surface area contributed by atoms with Gasteiger partial charge in [0.2, 0.25) is 5.88 Å². The summed E-state index contributed by atoms with van der Waals surface area (Å²) in [5, 5.41) is 0. The molecule has 0 bridgehead atoms. The number of ether oxygens (including phenoxy) is 4. The van der Waals surface area contributed by atoms with Crippen LogP contribution < -0.4 is 15.2 Å². The van der Waals surface area contributed by atoms with Gasteiger partial charge in [-0.3, -0.25) is 4.79 Å². The van der Waals surface area contributed by atoms with E-state index in [2.05, 4.69) is 0 Å². The Morgan fingerprint density at radius 2 is 1.89 bits per heavy atom. The van der Waals surface area contributed by atoms with Crippen LogP contribution in [0.2, 0.25) is 0 Å². The van der Waals surface area contributed by atoms with Crippen LogP contribution in [0.1, 0.15) is 38.2 Å². The summed E-state index contributed by atoms with van der Waals surface area (Å²) in [5.41, 5.74) is 6.96. The van der Waals surface area contributed by atoms with E-state index in [4.69, 9.17) is 24.7 Å². The molecule has 0 amide bonds. The molecule has 1 aliphatic carbocycles. The number of carbonyl (C=O) groups is 2. The molecule has 0 aromatic heterocycles. The number of hydrogen-bond donors (Lipinski definition) is 1. The Bertz CT molecular complexity index is 896. The monoisotopic (exact) mass is 387 g/mol. The Morgan fingerprint density at radius 3 is 2.50 bits per heavy atom. The maximum absolute atomic E-state index is 13.1. The number of esters is 1. The molecule has 2 N–H and O–H groups in total. The van der Waals surface area contributed by atoms with E-state index in [-0.39, 0.29) is 22.7 Å². The van der Waals surface area contributed by atoms with E-state index in [1.807, 2.05) is 13.8 Å². The quantitative estimate of drug-likeness (QED) is 0.794. The fraction of sp³-hybridized carbons (Fsp3) is 0.429. The van der Waals surface area contributed by atoms with Crippen LogP contribution in [0, 0.1) is 5.41 Å². The van der Waals surface area contributed by atoms with E-state index < -0.39 is 11.9 Å². The Labute approximate surface area is 164 Å². The third-order valence-electron chi connectivity index (χ3n) is 5.10. The number of ketones is 1. The van der Waals surface area contributed by atoms with Crippen molar-refractivity contribution in [3.63, 3.8) is 0 Å². The van der Waals surface area contributed by atoms with Crippen LogP contribution in [0.4, 0.5) is 0 Å². The number of methoxy groups -OCH3 is 3. The van der Waals surface area contributed by atoms with Gasteiger partial charge >= 0.3 is 5.97 Å². The van der Waals surface area contributed by atoms with Crippen LogP contribution >= 0.6 is 0 Å². The van der Waals surface area contributed by atoms with Crippen LogP contribution in [-0.4, -0.2) is 33.1 Å². The number of allylic oxidation sites excluding steroid dienone is 2. The second-order valence-corrected chi connectivity index (χ2v) is 7.67. The van der Waals surface area contributed by atoms with E-state index in [0.29, 0.717) is 41.2 Å². The van der Waals surface area contributed by atoms with Crippen LogP contribution in [0.25, 0.3) is 0 Å². The first kappa shape index (κ1) is 19.8. The first-order valence-corrected chi connectivity index (χ1v) is 8.97. The Kier molecular flexibility index (Phi) is 5.10. The molecule has 150 valence electrons. The van der Waals surface area contributed by atoms with Gasteiger partial charge in [0.05, 0.1) is 27.2 Å². The van der Waals surface area contributed by atoms with Gasteiger partial charge in [-0.05, 0) is 11.5 Å². The molecule has 1 heterocycles. The maximum Gasteiger partial charge on any atom is 0.340 e. The number of hydrogen-bond acceptors (Lipinski definition) is 7. The molecule has 1 aromatic carbocycles. The van der Waals surface area contributed by atoms with Crippen LogP contribution in [0.15, 0.2) is 41.0 Å². The molecule has 1 atom stereocenters. The van der Waals surface area contributed by atoms with Gasteiger partial charge in [-0.1, -0.05) is 26.0 Å². The van der Waals surface area contributed by atoms with Crippen LogP contribution in [0.5, 0.6) is 11.5 Å². The summed E-state index contributed by atoms with van der Waals surface area (Å²) < 4.78 is 21.6. The van der Waals surface area contributed by atoms with Gasteiger partial charge in [-0.25, -0.2) is 4.79 Å². The molecule has 7 nitrogen and oxygen atoms in total. The molecule has 0 unspecified atom stereocenters. The van der Waals surface area contributed by atoms with Crippen LogP contribution in [-0.2, 0) is 19.1 Å². The number of nitrogens with two attached hydrogens (primary N) is 1. The first-order valence-electron chi connectivity index (χ1n) is 8.97. The second kappa shape index (κ2) is 7.22. The van der Waals surface area contributed by atoms with Crippen molar-refractivity contribution in [1.29, 1.82) is 0 Å². The lowest BCUT2D eigenvalue weighted by molar-refractivity contribution is -0.136. The second-order valence-electron chi connectivity index (χ2n) is 7.67. The number of benzene rings is 1. The zero-order valence-electron chi connectivity index (χ0n) is 16.8. The molecular formula is C21H25NO6. The van der Waals surface area contributed by atoms with Gasteiger partial charge in [0.1, 0.15) is 11.3 Å². The topological polar surface area (TPSA) is 97.1 Å². The minimum atomic E-state index is -0.759. The average molecular weight is 387 g/mol. The molecule has 1 aliphatic heterocycles. The molecule has 7 heteroatoms. The van der Waals surface area contributed by atoms with Gasteiger partial charge in [0, 0.05) is 24.0 Å².